The van der Waals surface area contributed by atoms with Crippen molar-refractivity contribution in [3.63, 3.8) is 0 Å². The number of hydrogen-bond donors (Lipinski definition) is 1. The molecule has 0 aromatic heterocycles. The Hall–Kier alpha value is -2.49. The van der Waals surface area contributed by atoms with Crippen molar-refractivity contribution in [3.05, 3.63) is 53.6 Å². The molecule has 1 atom stereocenters. The third kappa shape index (κ3) is 5.03. The quantitative estimate of drug-likeness (QED) is 0.774. The zero-order chi connectivity index (χ0) is 19.2. The summed E-state index contributed by atoms with van der Waals surface area (Å²) < 4.78 is 5.98. The highest BCUT2D eigenvalue weighted by molar-refractivity contribution is 5.94. The Balaban J connectivity index is 1.62. The number of rotatable bonds is 6. The van der Waals surface area contributed by atoms with Crippen LogP contribution in [0.4, 0.5) is 11.4 Å². The number of nitrogens with one attached hydrogen (secondary N) is 1. The Labute approximate surface area is 162 Å². The van der Waals surface area contributed by atoms with E-state index in [1.165, 1.54) is 30.5 Å². The minimum absolute atomic E-state index is 0.108. The van der Waals surface area contributed by atoms with Gasteiger partial charge in [0.15, 0.2) is 6.10 Å². The fourth-order valence-corrected chi connectivity index (χ4v) is 3.54. The van der Waals surface area contributed by atoms with Gasteiger partial charge in [0.2, 0.25) is 0 Å². The number of benzene rings is 2. The number of nitrogens with zero attached hydrogens (tertiary/aromatic N) is 1. The van der Waals surface area contributed by atoms with Gasteiger partial charge in [-0.15, -0.1) is 0 Å². The van der Waals surface area contributed by atoms with Crippen molar-refractivity contribution in [3.8, 4) is 5.75 Å². The normalized spacial score (nSPS) is 15.3. The summed E-state index contributed by atoms with van der Waals surface area (Å²) in [5.41, 5.74) is 4.27. The van der Waals surface area contributed by atoms with Gasteiger partial charge in [0.25, 0.3) is 5.91 Å². The van der Waals surface area contributed by atoms with E-state index >= 15 is 0 Å². The van der Waals surface area contributed by atoms with Crippen LogP contribution in [0.2, 0.25) is 0 Å². The number of hydrogen-bond acceptors (Lipinski definition) is 3. The SMILES string of the molecule is CC[C@H](Oc1ccc(C)cc1C)C(=O)Nc1ccc(N2CCCCC2)cc1. The van der Waals surface area contributed by atoms with Crippen LogP contribution < -0.4 is 15.0 Å². The summed E-state index contributed by atoms with van der Waals surface area (Å²) in [5, 5.41) is 2.99. The summed E-state index contributed by atoms with van der Waals surface area (Å²) in [7, 11) is 0. The smallest absolute Gasteiger partial charge is 0.265 e. The van der Waals surface area contributed by atoms with Gasteiger partial charge in [-0.3, -0.25) is 4.79 Å². The van der Waals surface area contributed by atoms with E-state index in [9.17, 15) is 4.79 Å². The van der Waals surface area contributed by atoms with Crippen LogP contribution in [-0.4, -0.2) is 25.1 Å². The van der Waals surface area contributed by atoms with E-state index in [0.717, 1.165) is 30.1 Å². The highest BCUT2D eigenvalue weighted by Crippen LogP contribution is 2.23. The second kappa shape index (κ2) is 8.94. The van der Waals surface area contributed by atoms with Crippen LogP contribution in [0.1, 0.15) is 43.7 Å². The van der Waals surface area contributed by atoms with E-state index in [4.69, 9.17) is 4.74 Å². The average Bonchev–Trinajstić information content (AvgIpc) is 2.68. The summed E-state index contributed by atoms with van der Waals surface area (Å²) in [6.45, 7) is 8.26. The van der Waals surface area contributed by atoms with Crippen LogP contribution >= 0.6 is 0 Å². The fourth-order valence-electron chi connectivity index (χ4n) is 3.54. The van der Waals surface area contributed by atoms with Crippen LogP contribution in [0.5, 0.6) is 5.75 Å². The maximum atomic E-state index is 12.7. The maximum absolute atomic E-state index is 12.7. The van der Waals surface area contributed by atoms with Crippen LogP contribution in [-0.2, 0) is 4.79 Å². The van der Waals surface area contributed by atoms with Crippen molar-refractivity contribution >= 4 is 17.3 Å². The van der Waals surface area contributed by atoms with Crippen LogP contribution in [0, 0.1) is 13.8 Å². The molecule has 0 spiro atoms. The first kappa shape index (κ1) is 19.3. The van der Waals surface area contributed by atoms with Crippen LogP contribution in [0.25, 0.3) is 0 Å². The highest BCUT2D eigenvalue weighted by atomic mass is 16.5. The molecule has 27 heavy (non-hydrogen) atoms. The number of aryl methyl sites for hydroxylation is 2. The minimum atomic E-state index is -0.506. The van der Waals surface area contributed by atoms with Crippen molar-refractivity contribution in [1.82, 2.24) is 0 Å². The molecule has 2 aromatic rings. The lowest BCUT2D eigenvalue weighted by atomic mass is 10.1. The molecule has 1 heterocycles. The standard InChI is InChI=1S/C23H30N2O2/c1-4-21(27-22-13-8-17(2)16-18(22)3)23(26)24-19-9-11-20(12-10-19)25-14-6-5-7-15-25/h8-13,16,21H,4-7,14-15H2,1-3H3,(H,24,26)/t21-/m0/s1. The molecule has 3 rings (SSSR count). The number of ether oxygens (including phenoxy) is 1. The van der Waals surface area contributed by atoms with Gasteiger partial charge < -0.3 is 15.0 Å². The molecule has 4 heteroatoms. The molecule has 1 fully saturated rings. The Morgan fingerprint density at radius 2 is 1.78 bits per heavy atom. The van der Waals surface area contributed by atoms with Gasteiger partial charge in [0.1, 0.15) is 5.75 Å². The first-order chi connectivity index (χ1) is 13.1. The molecule has 1 N–H and O–H groups in total. The second-order valence-electron chi connectivity index (χ2n) is 7.37. The summed E-state index contributed by atoms with van der Waals surface area (Å²) in [6, 6.07) is 14.1. The van der Waals surface area contributed by atoms with E-state index < -0.39 is 6.10 Å². The predicted molar refractivity (Wildman–Crippen MR) is 112 cm³/mol. The zero-order valence-electron chi connectivity index (χ0n) is 16.6. The van der Waals surface area contributed by atoms with E-state index in [0.29, 0.717) is 6.42 Å². The first-order valence-corrected chi connectivity index (χ1v) is 9.96. The van der Waals surface area contributed by atoms with Crippen molar-refractivity contribution in [2.24, 2.45) is 0 Å². The van der Waals surface area contributed by atoms with E-state index in [1.54, 1.807) is 0 Å². The highest BCUT2D eigenvalue weighted by Gasteiger charge is 2.19. The van der Waals surface area contributed by atoms with Crippen molar-refractivity contribution in [2.45, 2.75) is 52.6 Å². The Kier molecular flexibility index (Phi) is 6.38. The summed E-state index contributed by atoms with van der Waals surface area (Å²) in [5.74, 6) is 0.659. The van der Waals surface area contributed by atoms with Crippen molar-refractivity contribution < 1.29 is 9.53 Å². The van der Waals surface area contributed by atoms with Gasteiger partial charge in [-0.05, 0) is 75.4 Å². The van der Waals surface area contributed by atoms with Gasteiger partial charge >= 0.3 is 0 Å². The van der Waals surface area contributed by atoms with Gasteiger partial charge in [-0.25, -0.2) is 0 Å². The number of amides is 1. The molecule has 144 valence electrons. The number of carbonyl (C=O) groups is 1. The van der Waals surface area contributed by atoms with Gasteiger partial charge in [0, 0.05) is 24.5 Å². The lowest BCUT2D eigenvalue weighted by Crippen LogP contribution is -2.32. The molecule has 1 amide bonds. The van der Waals surface area contributed by atoms with Crippen molar-refractivity contribution in [1.29, 1.82) is 0 Å². The Bertz CT molecular complexity index is 764. The zero-order valence-corrected chi connectivity index (χ0v) is 16.6. The maximum Gasteiger partial charge on any atom is 0.265 e. The van der Waals surface area contributed by atoms with Gasteiger partial charge in [0.05, 0.1) is 0 Å². The minimum Gasteiger partial charge on any atom is -0.480 e. The molecular formula is C23H30N2O2. The summed E-state index contributed by atoms with van der Waals surface area (Å²) >= 11 is 0. The molecule has 1 aliphatic heterocycles. The molecule has 0 bridgehead atoms. The second-order valence-corrected chi connectivity index (χ2v) is 7.37. The largest absolute Gasteiger partial charge is 0.480 e. The average molecular weight is 367 g/mol. The number of carbonyl (C=O) groups excluding carboxylic acids is 1. The Morgan fingerprint density at radius 1 is 1.07 bits per heavy atom. The predicted octanol–water partition coefficient (Wildman–Crippen LogP) is 5.09. The first-order valence-electron chi connectivity index (χ1n) is 9.96. The van der Waals surface area contributed by atoms with E-state index in [-0.39, 0.29) is 5.91 Å². The van der Waals surface area contributed by atoms with Gasteiger partial charge in [-0.2, -0.15) is 0 Å². The van der Waals surface area contributed by atoms with Crippen LogP contribution in [0.3, 0.4) is 0 Å². The molecular weight excluding hydrogens is 336 g/mol. The topological polar surface area (TPSA) is 41.6 Å². The van der Waals surface area contributed by atoms with Crippen molar-refractivity contribution in [2.75, 3.05) is 23.3 Å². The van der Waals surface area contributed by atoms with E-state index in [2.05, 4.69) is 28.4 Å². The Morgan fingerprint density at radius 3 is 2.41 bits per heavy atom. The molecule has 0 radical (unpaired) electrons. The molecule has 0 unspecified atom stereocenters. The van der Waals surface area contributed by atoms with Crippen LogP contribution in [0.15, 0.2) is 42.5 Å². The summed E-state index contributed by atoms with van der Waals surface area (Å²) in [4.78, 5) is 15.1. The number of piperidine rings is 1. The molecule has 0 saturated carbocycles. The molecule has 1 aliphatic rings. The lowest BCUT2D eigenvalue weighted by Gasteiger charge is -2.29. The molecule has 4 nitrogen and oxygen atoms in total. The third-order valence-electron chi connectivity index (χ3n) is 5.12. The third-order valence-corrected chi connectivity index (χ3v) is 5.12. The fraction of sp³-hybridized carbons (Fsp3) is 0.435. The monoisotopic (exact) mass is 366 g/mol. The molecule has 2 aromatic carbocycles. The van der Waals surface area contributed by atoms with Gasteiger partial charge in [-0.1, -0.05) is 24.6 Å². The lowest BCUT2D eigenvalue weighted by molar-refractivity contribution is -0.122. The number of anilines is 2. The molecule has 0 aliphatic carbocycles. The summed E-state index contributed by atoms with van der Waals surface area (Å²) in [6.07, 6.45) is 3.95. The molecule has 1 saturated heterocycles. The van der Waals surface area contributed by atoms with E-state index in [1.807, 2.05) is 45.0 Å².